The maximum atomic E-state index is 12.8. The lowest BCUT2D eigenvalue weighted by Gasteiger charge is -2.27. The van der Waals surface area contributed by atoms with Gasteiger partial charge in [-0.2, -0.15) is 0 Å². The van der Waals surface area contributed by atoms with E-state index in [0.29, 0.717) is 30.2 Å². The van der Waals surface area contributed by atoms with Gasteiger partial charge in [-0.3, -0.25) is 9.59 Å². The van der Waals surface area contributed by atoms with Crippen LogP contribution in [-0.2, 0) is 16.0 Å². The molecule has 2 aromatic carbocycles. The Morgan fingerprint density at radius 3 is 2.23 bits per heavy atom. The van der Waals surface area contributed by atoms with Gasteiger partial charge in [0.15, 0.2) is 23.0 Å². The smallest absolute Gasteiger partial charge is 0.290 e. The molecule has 0 saturated carbocycles. The van der Waals surface area contributed by atoms with E-state index in [4.69, 9.17) is 14.2 Å². The van der Waals surface area contributed by atoms with Crippen molar-refractivity contribution >= 4 is 11.7 Å². The summed E-state index contributed by atoms with van der Waals surface area (Å²) in [7, 11) is 4.69. The first kappa shape index (κ1) is 21.2. The summed E-state index contributed by atoms with van der Waals surface area (Å²) in [4.78, 5) is 26.5. The molecule has 0 bridgehead atoms. The van der Waals surface area contributed by atoms with Gasteiger partial charge in [0.2, 0.25) is 0 Å². The van der Waals surface area contributed by atoms with Gasteiger partial charge in [0.1, 0.15) is 5.75 Å². The first-order valence-corrected chi connectivity index (χ1v) is 9.51. The zero-order chi connectivity index (χ0) is 21.8. The third-order valence-corrected chi connectivity index (χ3v) is 5.20. The minimum Gasteiger partial charge on any atom is -0.503 e. The number of methoxy groups -OCH3 is 3. The normalized spacial score (nSPS) is 16.1. The molecule has 0 aromatic heterocycles. The zero-order valence-electron chi connectivity index (χ0n) is 17.5. The molecule has 2 aromatic rings. The topological polar surface area (TPSA) is 85.3 Å². The molecule has 3 rings (SSSR count). The van der Waals surface area contributed by atoms with Crippen LogP contribution in [0, 0.1) is 0 Å². The molecule has 0 fully saturated rings. The van der Waals surface area contributed by atoms with Crippen molar-refractivity contribution in [1.29, 1.82) is 0 Å². The number of carbonyl (C=O) groups excluding carboxylic acids is 2. The van der Waals surface area contributed by atoms with Gasteiger partial charge in [-0.25, -0.2) is 0 Å². The van der Waals surface area contributed by atoms with Crippen LogP contribution in [0.25, 0.3) is 0 Å². The highest BCUT2D eigenvalue weighted by Gasteiger charge is 2.42. The SMILES string of the molecule is COc1ccc([C@H]2C(C(C)=O)=C(O)C(=O)N2CCc2ccc(OC)c(OC)c2)cc1. The van der Waals surface area contributed by atoms with Gasteiger partial charge in [0, 0.05) is 6.54 Å². The van der Waals surface area contributed by atoms with Crippen molar-refractivity contribution in [3.05, 3.63) is 64.9 Å². The molecule has 1 N–H and O–H groups in total. The van der Waals surface area contributed by atoms with E-state index in [1.165, 1.54) is 11.8 Å². The molecule has 158 valence electrons. The number of carbonyl (C=O) groups is 2. The van der Waals surface area contributed by atoms with Gasteiger partial charge in [0.25, 0.3) is 5.91 Å². The van der Waals surface area contributed by atoms with Crippen molar-refractivity contribution in [1.82, 2.24) is 4.90 Å². The van der Waals surface area contributed by atoms with E-state index in [-0.39, 0.29) is 11.4 Å². The number of amides is 1. The second-order valence-corrected chi connectivity index (χ2v) is 6.93. The standard InChI is InChI=1S/C23H25NO6/c1-14(25)20-21(16-6-8-17(28-2)9-7-16)24(23(27)22(20)26)12-11-15-5-10-18(29-3)19(13-15)30-4/h5-10,13,21,26H,11-12H2,1-4H3/t21-/m0/s1. The average molecular weight is 411 g/mol. The van der Waals surface area contributed by atoms with Gasteiger partial charge in [-0.15, -0.1) is 0 Å². The average Bonchev–Trinajstić information content (AvgIpc) is 3.02. The Morgan fingerprint density at radius 2 is 1.67 bits per heavy atom. The summed E-state index contributed by atoms with van der Waals surface area (Å²) >= 11 is 0. The maximum Gasteiger partial charge on any atom is 0.290 e. The molecule has 30 heavy (non-hydrogen) atoms. The Bertz CT molecular complexity index is 980. The number of ether oxygens (including phenoxy) is 3. The fraction of sp³-hybridized carbons (Fsp3) is 0.304. The third-order valence-electron chi connectivity index (χ3n) is 5.20. The number of Topliss-reactive ketones (excluding diaryl/α,β-unsaturated/α-hetero) is 1. The second-order valence-electron chi connectivity index (χ2n) is 6.93. The van der Waals surface area contributed by atoms with E-state index in [2.05, 4.69) is 0 Å². The molecule has 0 aliphatic carbocycles. The summed E-state index contributed by atoms with van der Waals surface area (Å²) in [6.45, 7) is 1.67. The van der Waals surface area contributed by atoms with Gasteiger partial charge < -0.3 is 24.2 Å². The molecule has 1 heterocycles. The van der Waals surface area contributed by atoms with E-state index < -0.39 is 17.7 Å². The van der Waals surface area contributed by atoms with E-state index in [1.807, 2.05) is 12.1 Å². The van der Waals surface area contributed by atoms with Gasteiger partial charge >= 0.3 is 0 Å². The van der Waals surface area contributed by atoms with E-state index in [9.17, 15) is 14.7 Å². The van der Waals surface area contributed by atoms with Gasteiger partial charge in [0.05, 0.1) is 32.9 Å². The van der Waals surface area contributed by atoms with E-state index in [0.717, 1.165) is 11.1 Å². The fourth-order valence-corrected chi connectivity index (χ4v) is 3.66. The van der Waals surface area contributed by atoms with Crippen molar-refractivity contribution in [2.75, 3.05) is 27.9 Å². The highest BCUT2D eigenvalue weighted by Crippen LogP contribution is 2.38. The lowest BCUT2D eigenvalue weighted by Crippen LogP contribution is -2.32. The van der Waals surface area contributed by atoms with Gasteiger partial charge in [-0.1, -0.05) is 18.2 Å². The quantitative estimate of drug-likeness (QED) is 0.718. The molecule has 1 atom stereocenters. The predicted molar refractivity (Wildman–Crippen MR) is 111 cm³/mol. The molecule has 1 aliphatic heterocycles. The van der Waals surface area contributed by atoms with Crippen LogP contribution in [0.15, 0.2) is 53.8 Å². The lowest BCUT2D eigenvalue weighted by atomic mass is 9.96. The Balaban J connectivity index is 1.89. The molecular formula is C23H25NO6. The van der Waals surface area contributed by atoms with Crippen LogP contribution in [0.3, 0.4) is 0 Å². The van der Waals surface area contributed by atoms with E-state index >= 15 is 0 Å². The number of hydrogen-bond donors (Lipinski definition) is 1. The maximum absolute atomic E-state index is 12.8. The first-order chi connectivity index (χ1) is 14.4. The summed E-state index contributed by atoms with van der Waals surface area (Å²) in [6, 6.07) is 12.0. The van der Waals surface area contributed by atoms with Crippen molar-refractivity contribution in [2.45, 2.75) is 19.4 Å². The van der Waals surface area contributed by atoms with Crippen LogP contribution >= 0.6 is 0 Å². The van der Waals surface area contributed by atoms with Crippen molar-refractivity contribution in [2.24, 2.45) is 0 Å². The van der Waals surface area contributed by atoms with Crippen LogP contribution in [-0.4, -0.2) is 49.6 Å². The number of benzene rings is 2. The van der Waals surface area contributed by atoms with Crippen LogP contribution in [0.1, 0.15) is 24.1 Å². The number of aliphatic hydroxyl groups excluding tert-OH is 1. The minimum atomic E-state index is -0.652. The number of aliphatic hydroxyl groups is 1. The molecule has 0 spiro atoms. The molecule has 0 radical (unpaired) electrons. The monoisotopic (exact) mass is 411 g/mol. The molecule has 1 amide bonds. The largest absolute Gasteiger partial charge is 0.503 e. The summed E-state index contributed by atoms with van der Waals surface area (Å²) in [6.07, 6.45) is 0.511. The molecule has 7 heteroatoms. The summed E-state index contributed by atoms with van der Waals surface area (Å²) in [5.74, 6) is 0.498. The summed E-state index contributed by atoms with van der Waals surface area (Å²) in [5, 5.41) is 10.4. The molecule has 0 saturated heterocycles. The Kier molecular flexibility index (Phi) is 6.30. The van der Waals surface area contributed by atoms with Crippen molar-refractivity contribution in [3.63, 3.8) is 0 Å². The lowest BCUT2D eigenvalue weighted by molar-refractivity contribution is -0.129. The number of rotatable bonds is 8. The van der Waals surface area contributed by atoms with Crippen LogP contribution in [0.5, 0.6) is 17.2 Å². The Hall–Kier alpha value is -3.48. The second kappa shape index (κ2) is 8.90. The molecular weight excluding hydrogens is 386 g/mol. The first-order valence-electron chi connectivity index (χ1n) is 9.51. The van der Waals surface area contributed by atoms with Crippen molar-refractivity contribution < 1.29 is 28.9 Å². The Labute approximate surface area is 175 Å². The Morgan fingerprint density at radius 1 is 1.00 bits per heavy atom. The van der Waals surface area contributed by atoms with Crippen molar-refractivity contribution in [3.8, 4) is 17.2 Å². The number of ketones is 1. The summed E-state index contributed by atoms with van der Waals surface area (Å²) < 4.78 is 15.8. The van der Waals surface area contributed by atoms with Crippen LogP contribution in [0.4, 0.5) is 0 Å². The van der Waals surface area contributed by atoms with E-state index in [1.54, 1.807) is 51.7 Å². The highest BCUT2D eigenvalue weighted by atomic mass is 16.5. The van der Waals surface area contributed by atoms with Gasteiger partial charge in [-0.05, 0) is 48.7 Å². The van der Waals surface area contributed by atoms with Crippen LogP contribution < -0.4 is 14.2 Å². The summed E-state index contributed by atoms with van der Waals surface area (Å²) in [5.41, 5.74) is 1.77. The fourth-order valence-electron chi connectivity index (χ4n) is 3.66. The minimum absolute atomic E-state index is 0.109. The van der Waals surface area contributed by atoms with Crippen LogP contribution in [0.2, 0.25) is 0 Å². The number of hydrogen-bond acceptors (Lipinski definition) is 6. The molecule has 7 nitrogen and oxygen atoms in total. The number of nitrogens with zero attached hydrogens (tertiary/aromatic N) is 1. The highest BCUT2D eigenvalue weighted by molar-refractivity contribution is 6.08. The molecule has 0 unspecified atom stereocenters. The zero-order valence-corrected chi connectivity index (χ0v) is 17.5. The predicted octanol–water partition coefficient (Wildman–Crippen LogP) is 3.24. The third kappa shape index (κ3) is 3.96. The molecule has 1 aliphatic rings.